The minimum atomic E-state index is -0.851. The van der Waals surface area contributed by atoms with Gasteiger partial charge in [-0.3, -0.25) is 9.59 Å². The fourth-order valence-electron chi connectivity index (χ4n) is 4.46. The number of aliphatic hydroxyl groups excluding tert-OH is 1. The topological polar surface area (TPSA) is 91.0 Å². The summed E-state index contributed by atoms with van der Waals surface area (Å²) in [6.45, 7) is 4.12. The van der Waals surface area contributed by atoms with Gasteiger partial charge in [0.2, 0.25) is 5.78 Å². The van der Waals surface area contributed by atoms with Crippen molar-refractivity contribution in [1.82, 2.24) is 4.90 Å². The molecule has 0 saturated heterocycles. The number of Topliss-reactive ketones (excluding diaryl/α,β-unsaturated/α-hetero) is 1. The van der Waals surface area contributed by atoms with Gasteiger partial charge in [-0.05, 0) is 66.9 Å². The Hall–Kier alpha value is -3.84. The summed E-state index contributed by atoms with van der Waals surface area (Å²) in [5.41, 5.74) is 4.01. The number of ketones is 1. The SMILES string of the molecule is Cc1ccc(C)c(CN2C(=O)C(O)=C(C(=O)c3cc4cc(Br)ccc4o3)C2c2ccc(O)cc2)c1. The zero-order valence-corrected chi connectivity index (χ0v) is 20.7. The van der Waals surface area contributed by atoms with Gasteiger partial charge in [-0.15, -0.1) is 0 Å². The molecule has 0 saturated carbocycles. The summed E-state index contributed by atoms with van der Waals surface area (Å²) in [5, 5.41) is 21.5. The van der Waals surface area contributed by atoms with E-state index < -0.39 is 23.5 Å². The minimum absolute atomic E-state index is 0.0322. The first-order valence-corrected chi connectivity index (χ1v) is 11.8. The quantitative estimate of drug-likeness (QED) is 0.295. The van der Waals surface area contributed by atoms with Gasteiger partial charge in [-0.1, -0.05) is 51.8 Å². The number of fused-ring (bicyclic) bond motifs is 1. The number of amides is 1. The van der Waals surface area contributed by atoms with Gasteiger partial charge >= 0.3 is 0 Å². The van der Waals surface area contributed by atoms with Crippen LogP contribution in [0, 0.1) is 13.8 Å². The normalized spacial score (nSPS) is 15.9. The number of hydrogen-bond donors (Lipinski definition) is 2. The van der Waals surface area contributed by atoms with Crippen molar-refractivity contribution in [2.75, 3.05) is 0 Å². The number of hydrogen-bond acceptors (Lipinski definition) is 5. The number of carbonyl (C=O) groups excluding carboxylic acids is 2. The lowest BCUT2D eigenvalue weighted by Crippen LogP contribution is -2.31. The van der Waals surface area contributed by atoms with Crippen LogP contribution in [0.2, 0.25) is 0 Å². The zero-order valence-electron chi connectivity index (χ0n) is 19.1. The molecule has 176 valence electrons. The highest BCUT2D eigenvalue weighted by Gasteiger charge is 2.44. The molecule has 1 unspecified atom stereocenters. The first kappa shape index (κ1) is 22.9. The average molecular weight is 532 g/mol. The van der Waals surface area contributed by atoms with Crippen LogP contribution in [0.4, 0.5) is 0 Å². The fraction of sp³-hybridized carbons (Fsp3) is 0.143. The molecule has 0 radical (unpaired) electrons. The predicted molar refractivity (Wildman–Crippen MR) is 135 cm³/mol. The van der Waals surface area contributed by atoms with E-state index in [1.54, 1.807) is 30.3 Å². The number of rotatable bonds is 5. The van der Waals surface area contributed by atoms with E-state index in [-0.39, 0.29) is 23.6 Å². The lowest BCUT2D eigenvalue weighted by molar-refractivity contribution is -0.130. The van der Waals surface area contributed by atoms with Crippen molar-refractivity contribution in [2.45, 2.75) is 26.4 Å². The Morgan fingerprint density at radius 2 is 1.74 bits per heavy atom. The Morgan fingerprint density at radius 1 is 1.00 bits per heavy atom. The van der Waals surface area contributed by atoms with Crippen molar-refractivity contribution in [3.63, 3.8) is 0 Å². The minimum Gasteiger partial charge on any atom is -0.508 e. The Balaban J connectivity index is 1.61. The second kappa shape index (κ2) is 8.74. The lowest BCUT2D eigenvalue weighted by Gasteiger charge is -2.27. The number of furan rings is 1. The van der Waals surface area contributed by atoms with Crippen molar-refractivity contribution in [2.24, 2.45) is 0 Å². The Kier molecular flexibility index (Phi) is 5.73. The van der Waals surface area contributed by atoms with Crippen LogP contribution in [0.25, 0.3) is 11.0 Å². The zero-order chi connectivity index (χ0) is 24.9. The van der Waals surface area contributed by atoms with E-state index in [2.05, 4.69) is 15.9 Å². The van der Waals surface area contributed by atoms with Crippen molar-refractivity contribution < 1.29 is 24.2 Å². The monoisotopic (exact) mass is 531 g/mol. The van der Waals surface area contributed by atoms with Crippen LogP contribution in [0.5, 0.6) is 5.75 Å². The second-order valence-electron chi connectivity index (χ2n) is 8.74. The van der Waals surface area contributed by atoms with Crippen LogP contribution < -0.4 is 0 Å². The van der Waals surface area contributed by atoms with E-state index in [4.69, 9.17) is 4.42 Å². The van der Waals surface area contributed by atoms with Gasteiger partial charge in [0.15, 0.2) is 11.5 Å². The molecule has 0 fully saturated rings. The van der Waals surface area contributed by atoms with Crippen LogP contribution in [-0.2, 0) is 11.3 Å². The molecule has 1 aromatic heterocycles. The highest BCUT2D eigenvalue weighted by molar-refractivity contribution is 9.10. The molecule has 2 heterocycles. The van der Waals surface area contributed by atoms with Gasteiger partial charge in [0.25, 0.3) is 5.91 Å². The van der Waals surface area contributed by atoms with Gasteiger partial charge in [-0.2, -0.15) is 0 Å². The van der Waals surface area contributed by atoms with Gasteiger partial charge in [0.1, 0.15) is 11.3 Å². The number of nitrogens with zero attached hydrogens (tertiary/aromatic N) is 1. The molecule has 3 aromatic carbocycles. The third kappa shape index (κ3) is 4.12. The maximum Gasteiger partial charge on any atom is 0.290 e. The van der Waals surface area contributed by atoms with Crippen LogP contribution >= 0.6 is 15.9 Å². The van der Waals surface area contributed by atoms with E-state index in [0.717, 1.165) is 26.5 Å². The molecule has 0 spiro atoms. The molecular formula is C28H22BrNO5. The Labute approximate surface area is 210 Å². The number of aryl methyl sites for hydroxylation is 2. The summed E-state index contributed by atoms with van der Waals surface area (Å²) in [7, 11) is 0. The Morgan fingerprint density at radius 3 is 2.49 bits per heavy atom. The van der Waals surface area contributed by atoms with E-state index in [1.807, 2.05) is 38.1 Å². The maximum atomic E-state index is 13.7. The number of carbonyl (C=O) groups is 2. The number of aliphatic hydroxyl groups is 1. The first-order chi connectivity index (χ1) is 16.7. The molecular weight excluding hydrogens is 510 g/mol. The van der Waals surface area contributed by atoms with Crippen LogP contribution in [0.1, 0.15) is 38.9 Å². The number of halogens is 1. The third-order valence-corrected chi connectivity index (χ3v) is 6.80. The summed E-state index contributed by atoms with van der Waals surface area (Å²) in [6.07, 6.45) is 0. The molecule has 2 N–H and O–H groups in total. The van der Waals surface area contributed by atoms with Gasteiger partial charge < -0.3 is 19.5 Å². The highest BCUT2D eigenvalue weighted by Crippen LogP contribution is 2.41. The lowest BCUT2D eigenvalue weighted by atomic mass is 9.94. The molecule has 1 atom stereocenters. The van der Waals surface area contributed by atoms with E-state index in [9.17, 15) is 19.8 Å². The van der Waals surface area contributed by atoms with Gasteiger partial charge in [-0.25, -0.2) is 0 Å². The number of phenols is 1. The molecule has 6 nitrogen and oxygen atoms in total. The van der Waals surface area contributed by atoms with E-state index >= 15 is 0 Å². The molecule has 4 aromatic rings. The molecule has 0 aliphatic carbocycles. The fourth-order valence-corrected chi connectivity index (χ4v) is 4.84. The molecule has 1 aliphatic rings. The average Bonchev–Trinajstić information content (AvgIpc) is 3.36. The van der Waals surface area contributed by atoms with Crippen molar-refractivity contribution >= 4 is 38.6 Å². The van der Waals surface area contributed by atoms with Gasteiger partial charge in [0, 0.05) is 16.4 Å². The number of phenolic OH excluding ortho intramolecular Hbond substituents is 1. The second-order valence-corrected chi connectivity index (χ2v) is 9.66. The number of aromatic hydroxyl groups is 1. The maximum absolute atomic E-state index is 13.7. The molecule has 7 heteroatoms. The summed E-state index contributed by atoms with van der Waals surface area (Å²) in [4.78, 5) is 28.5. The molecule has 1 amide bonds. The van der Waals surface area contributed by atoms with Crippen LogP contribution in [0.15, 0.2) is 87.0 Å². The van der Waals surface area contributed by atoms with Crippen molar-refractivity contribution in [1.29, 1.82) is 0 Å². The first-order valence-electron chi connectivity index (χ1n) is 11.1. The van der Waals surface area contributed by atoms with Crippen LogP contribution in [0.3, 0.4) is 0 Å². The Bertz CT molecular complexity index is 1520. The molecule has 1 aliphatic heterocycles. The van der Waals surface area contributed by atoms with Crippen molar-refractivity contribution in [3.8, 4) is 5.75 Å². The van der Waals surface area contributed by atoms with E-state index in [1.165, 1.54) is 17.0 Å². The highest BCUT2D eigenvalue weighted by atomic mass is 79.9. The van der Waals surface area contributed by atoms with E-state index in [0.29, 0.717) is 11.1 Å². The summed E-state index contributed by atoms with van der Waals surface area (Å²) < 4.78 is 6.62. The smallest absolute Gasteiger partial charge is 0.290 e. The molecule has 5 rings (SSSR count). The largest absolute Gasteiger partial charge is 0.508 e. The standard InChI is InChI=1S/C28H22BrNO5/c1-15-3-4-16(2)19(11-15)14-30-25(17-5-8-21(31)9-6-17)24(27(33)28(30)34)26(32)23-13-18-12-20(29)7-10-22(18)35-23/h3-13,25,31,33H,14H2,1-2H3. The summed E-state index contributed by atoms with van der Waals surface area (Å²) in [6, 6.07) is 18.4. The van der Waals surface area contributed by atoms with Crippen molar-refractivity contribution in [3.05, 3.63) is 111 Å². The van der Waals surface area contributed by atoms with Gasteiger partial charge in [0.05, 0.1) is 11.6 Å². The number of benzene rings is 3. The molecule has 35 heavy (non-hydrogen) atoms. The molecule has 0 bridgehead atoms. The van der Waals surface area contributed by atoms with Crippen LogP contribution in [-0.4, -0.2) is 26.8 Å². The third-order valence-electron chi connectivity index (χ3n) is 6.30. The summed E-state index contributed by atoms with van der Waals surface area (Å²) >= 11 is 3.41. The predicted octanol–water partition coefficient (Wildman–Crippen LogP) is 6.30. The summed E-state index contributed by atoms with van der Waals surface area (Å²) in [5.74, 6) is -1.70.